The van der Waals surface area contributed by atoms with Gasteiger partial charge >= 0.3 is 0 Å². The quantitative estimate of drug-likeness (QED) is 0.802. The number of hydrogen-bond acceptors (Lipinski definition) is 6. The Kier molecular flexibility index (Phi) is 2.28. The summed E-state index contributed by atoms with van der Waals surface area (Å²) in [6, 6.07) is 3.60. The summed E-state index contributed by atoms with van der Waals surface area (Å²) in [5, 5.41) is 0. The molecular formula is C8H8N4OS. The van der Waals surface area contributed by atoms with E-state index in [1.54, 1.807) is 19.4 Å². The number of ether oxygens (including phenoxy) is 1. The molecule has 2 aromatic heterocycles. The molecule has 0 spiro atoms. The van der Waals surface area contributed by atoms with E-state index in [9.17, 15) is 0 Å². The van der Waals surface area contributed by atoms with Crippen LogP contribution in [0.3, 0.4) is 0 Å². The van der Waals surface area contributed by atoms with Crippen molar-refractivity contribution in [2.45, 2.75) is 0 Å². The van der Waals surface area contributed by atoms with Gasteiger partial charge in [0, 0.05) is 17.8 Å². The summed E-state index contributed by atoms with van der Waals surface area (Å²) in [6.07, 6.45) is 1.66. The summed E-state index contributed by atoms with van der Waals surface area (Å²) in [7, 11) is 1.57. The van der Waals surface area contributed by atoms with Crippen LogP contribution in [0.5, 0.6) is 5.88 Å². The molecule has 2 aromatic rings. The maximum absolute atomic E-state index is 5.62. The molecule has 0 unspecified atom stereocenters. The van der Waals surface area contributed by atoms with Crippen LogP contribution >= 0.6 is 11.7 Å². The summed E-state index contributed by atoms with van der Waals surface area (Å²) in [5.74, 6) is 0.998. The Morgan fingerprint density at radius 3 is 2.71 bits per heavy atom. The largest absolute Gasteiger partial charge is 0.481 e. The minimum atomic E-state index is 0.432. The molecule has 6 heteroatoms. The molecule has 2 N–H and O–H groups in total. The number of rotatable bonds is 2. The van der Waals surface area contributed by atoms with Crippen LogP contribution in [0, 0.1) is 0 Å². The Bertz CT molecular complexity index is 425. The number of nitrogen functional groups attached to an aromatic ring is 1. The van der Waals surface area contributed by atoms with Crippen molar-refractivity contribution < 1.29 is 4.74 Å². The van der Waals surface area contributed by atoms with Crippen LogP contribution in [0.25, 0.3) is 11.3 Å². The minimum Gasteiger partial charge on any atom is -0.481 e. The van der Waals surface area contributed by atoms with Gasteiger partial charge in [-0.15, -0.1) is 0 Å². The highest BCUT2D eigenvalue weighted by Crippen LogP contribution is 2.23. The molecule has 72 valence electrons. The Morgan fingerprint density at radius 1 is 1.36 bits per heavy atom. The van der Waals surface area contributed by atoms with Crippen LogP contribution in [0.1, 0.15) is 0 Å². The predicted octanol–water partition coefficient (Wildman–Crippen LogP) is 1.19. The van der Waals surface area contributed by atoms with Gasteiger partial charge in [0.25, 0.3) is 0 Å². The summed E-state index contributed by atoms with van der Waals surface area (Å²) < 4.78 is 12.9. The third-order valence-electron chi connectivity index (χ3n) is 1.73. The average molecular weight is 208 g/mol. The number of aromatic nitrogens is 3. The molecule has 0 amide bonds. The second kappa shape index (κ2) is 3.59. The molecule has 0 saturated heterocycles. The van der Waals surface area contributed by atoms with Gasteiger partial charge in [0.15, 0.2) is 5.82 Å². The zero-order valence-electron chi connectivity index (χ0n) is 7.47. The fourth-order valence-corrected chi connectivity index (χ4v) is 1.53. The normalized spacial score (nSPS) is 10.1. The number of methoxy groups -OCH3 is 1. The number of nitrogens with zero attached hydrogens (tertiary/aromatic N) is 3. The molecule has 0 aliphatic rings. The van der Waals surface area contributed by atoms with Crippen LogP contribution in [-0.4, -0.2) is 20.8 Å². The van der Waals surface area contributed by atoms with E-state index in [2.05, 4.69) is 13.7 Å². The first-order valence-electron chi connectivity index (χ1n) is 3.89. The Morgan fingerprint density at radius 2 is 2.21 bits per heavy atom. The van der Waals surface area contributed by atoms with Gasteiger partial charge in [-0.3, -0.25) is 0 Å². The molecule has 14 heavy (non-hydrogen) atoms. The first-order valence-corrected chi connectivity index (χ1v) is 4.62. The molecule has 0 atom stereocenters. The first kappa shape index (κ1) is 8.89. The molecule has 0 radical (unpaired) electrons. The van der Waals surface area contributed by atoms with Gasteiger partial charge in [-0.1, -0.05) is 0 Å². The molecule has 0 aromatic carbocycles. The highest BCUT2D eigenvalue weighted by atomic mass is 32.1. The molecule has 5 nitrogen and oxygen atoms in total. The molecule has 0 bridgehead atoms. The smallest absolute Gasteiger partial charge is 0.212 e. The van der Waals surface area contributed by atoms with E-state index in [1.807, 2.05) is 6.07 Å². The van der Waals surface area contributed by atoms with Crippen molar-refractivity contribution in [2.24, 2.45) is 0 Å². The lowest BCUT2D eigenvalue weighted by Gasteiger charge is -1.99. The lowest BCUT2D eigenvalue weighted by molar-refractivity contribution is 0.398. The molecule has 0 fully saturated rings. The van der Waals surface area contributed by atoms with Crippen LogP contribution < -0.4 is 10.5 Å². The van der Waals surface area contributed by atoms with E-state index in [1.165, 1.54) is 0 Å². The standard InChI is InChI=1S/C8H8N4OS/c1-13-6-3-2-5(4-10-6)7-8(9)12-14-11-7/h2-4H,1H3,(H2,9,12). The topological polar surface area (TPSA) is 73.9 Å². The lowest BCUT2D eigenvalue weighted by atomic mass is 10.2. The van der Waals surface area contributed by atoms with Gasteiger partial charge in [0.05, 0.1) is 18.8 Å². The second-order valence-corrected chi connectivity index (χ2v) is 3.12. The van der Waals surface area contributed by atoms with Gasteiger partial charge in [-0.25, -0.2) is 4.98 Å². The van der Waals surface area contributed by atoms with Gasteiger partial charge < -0.3 is 10.5 Å². The van der Waals surface area contributed by atoms with Crippen molar-refractivity contribution in [2.75, 3.05) is 12.8 Å². The zero-order chi connectivity index (χ0) is 9.97. The second-order valence-electron chi connectivity index (χ2n) is 2.59. The monoisotopic (exact) mass is 208 g/mol. The Balaban J connectivity index is 2.39. The number of nitrogens with two attached hydrogens (primary N) is 1. The predicted molar refractivity (Wildman–Crippen MR) is 54.1 cm³/mol. The average Bonchev–Trinajstić information content (AvgIpc) is 2.65. The van der Waals surface area contributed by atoms with Crippen molar-refractivity contribution in [1.82, 2.24) is 13.7 Å². The van der Waals surface area contributed by atoms with Crippen LogP contribution in [0.2, 0.25) is 0 Å². The van der Waals surface area contributed by atoms with Crippen molar-refractivity contribution in [1.29, 1.82) is 0 Å². The number of hydrogen-bond donors (Lipinski definition) is 1. The van der Waals surface area contributed by atoms with E-state index in [0.29, 0.717) is 17.4 Å². The van der Waals surface area contributed by atoms with Crippen molar-refractivity contribution >= 4 is 17.5 Å². The first-order chi connectivity index (χ1) is 6.81. The Labute approximate surface area is 84.9 Å². The van der Waals surface area contributed by atoms with E-state index in [0.717, 1.165) is 17.3 Å². The van der Waals surface area contributed by atoms with E-state index < -0.39 is 0 Å². The van der Waals surface area contributed by atoms with E-state index >= 15 is 0 Å². The lowest BCUT2D eigenvalue weighted by Crippen LogP contribution is -1.90. The third kappa shape index (κ3) is 1.51. The zero-order valence-corrected chi connectivity index (χ0v) is 8.28. The summed E-state index contributed by atoms with van der Waals surface area (Å²) >= 11 is 1.09. The molecular weight excluding hydrogens is 200 g/mol. The molecule has 2 rings (SSSR count). The van der Waals surface area contributed by atoms with Gasteiger partial charge in [-0.2, -0.15) is 8.75 Å². The van der Waals surface area contributed by atoms with E-state index in [4.69, 9.17) is 10.5 Å². The maximum Gasteiger partial charge on any atom is 0.212 e. The molecule has 0 saturated carbocycles. The fraction of sp³-hybridized carbons (Fsp3) is 0.125. The van der Waals surface area contributed by atoms with Gasteiger partial charge in [0.2, 0.25) is 5.88 Å². The summed E-state index contributed by atoms with van der Waals surface area (Å²) in [5.41, 5.74) is 7.14. The highest BCUT2D eigenvalue weighted by Gasteiger charge is 2.07. The SMILES string of the molecule is COc1ccc(-c2nsnc2N)cn1. The van der Waals surface area contributed by atoms with Crippen molar-refractivity contribution in [3.05, 3.63) is 18.3 Å². The Hall–Kier alpha value is -1.69. The van der Waals surface area contributed by atoms with Gasteiger partial charge in [-0.05, 0) is 6.07 Å². The van der Waals surface area contributed by atoms with Crippen LogP contribution in [0.4, 0.5) is 5.82 Å². The third-order valence-corrected chi connectivity index (χ3v) is 2.28. The molecule has 2 heterocycles. The van der Waals surface area contributed by atoms with Gasteiger partial charge in [0.1, 0.15) is 5.69 Å². The highest BCUT2D eigenvalue weighted by molar-refractivity contribution is 6.99. The minimum absolute atomic E-state index is 0.432. The van der Waals surface area contributed by atoms with Crippen molar-refractivity contribution in [3.63, 3.8) is 0 Å². The summed E-state index contributed by atoms with van der Waals surface area (Å²) in [6.45, 7) is 0. The molecule has 0 aliphatic carbocycles. The molecule has 0 aliphatic heterocycles. The van der Waals surface area contributed by atoms with Crippen molar-refractivity contribution in [3.8, 4) is 17.1 Å². The number of anilines is 1. The maximum atomic E-state index is 5.62. The summed E-state index contributed by atoms with van der Waals surface area (Å²) in [4.78, 5) is 4.05. The fourth-order valence-electron chi connectivity index (χ4n) is 1.04. The number of pyridine rings is 1. The van der Waals surface area contributed by atoms with Crippen LogP contribution in [0.15, 0.2) is 18.3 Å². The van der Waals surface area contributed by atoms with E-state index in [-0.39, 0.29) is 0 Å². The van der Waals surface area contributed by atoms with Crippen LogP contribution in [-0.2, 0) is 0 Å².